The number of benzene rings is 1. The molecule has 144 valence electrons. The summed E-state index contributed by atoms with van der Waals surface area (Å²) in [6, 6.07) is 4.13. The van der Waals surface area contributed by atoms with E-state index in [1.165, 1.54) is 24.3 Å². The van der Waals surface area contributed by atoms with E-state index in [1.807, 2.05) is 0 Å². The van der Waals surface area contributed by atoms with E-state index in [-0.39, 0.29) is 29.0 Å². The Morgan fingerprint density at radius 1 is 1.31 bits per heavy atom. The summed E-state index contributed by atoms with van der Waals surface area (Å²) in [6.45, 7) is 4.24. The molecule has 8 nitrogen and oxygen atoms in total. The molecular formula is C17H24N2O6S. The van der Waals surface area contributed by atoms with Crippen molar-refractivity contribution in [2.45, 2.75) is 43.7 Å². The Labute approximate surface area is 153 Å². The topological polar surface area (TPSA) is 122 Å². The second-order valence-corrected chi connectivity index (χ2v) is 8.28. The van der Waals surface area contributed by atoms with Crippen LogP contribution in [0.3, 0.4) is 0 Å². The summed E-state index contributed by atoms with van der Waals surface area (Å²) in [6.07, 6.45) is 1.38. The molecule has 1 amide bonds. The van der Waals surface area contributed by atoms with E-state index in [2.05, 4.69) is 10.0 Å². The molecule has 0 aromatic heterocycles. The maximum absolute atomic E-state index is 12.5. The quantitative estimate of drug-likeness (QED) is 0.644. The summed E-state index contributed by atoms with van der Waals surface area (Å²) in [5, 5.41) is 11.9. The lowest BCUT2D eigenvalue weighted by atomic mass is 9.93. The number of amides is 1. The van der Waals surface area contributed by atoms with Crippen LogP contribution in [0.2, 0.25) is 0 Å². The Morgan fingerprint density at radius 3 is 2.62 bits per heavy atom. The molecule has 1 fully saturated rings. The van der Waals surface area contributed by atoms with Gasteiger partial charge >= 0.3 is 5.97 Å². The van der Waals surface area contributed by atoms with Crippen molar-refractivity contribution in [3.63, 3.8) is 0 Å². The molecule has 1 aliphatic heterocycles. The minimum Gasteiger partial charge on any atom is -0.480 e. The van der Waals surface area contributed by atoms with Gasteiger partial charge in [0.05, 0.1) is 11.5 Å². The van der Waals surface area contributed by atoms with Gasteiger partial charge in [-0.2, -0.15) is 0 Å². The predicted octanol–water partition coefficient (Wildman–Crippen LogP) is 0.983. The number of carboxylic acids is 1. The van der Waals surface area contributed by atoms with Gasteiger partial charge in [0.2, 0.25) is 10.0 Å². The Balaban J connectivity index is 2.18. The number of carbonyl (C=O) groups is 2. The third-order valence-corrected chi connectivity index (χ3v) is 5.67. The molecule has 1 heterocycles. The van der Waals surface area contributed by atoms with E-state index in [1.54, 1.807) is 13.8 Å². The first-order valence-corrected chi connectivity index (χ1v) is 9.93. The second-order valence-electron chi connectivity index (χ2n) is 6.57. The van der Waals surface area contributed by atoms with Crippen molar-refractivity contribution < 1.29 is 27.9 Å². The van der Waals surface area contributed by atoms with Crippen LogP contribution in [0.5, 0.6) is 0 Å². The van der Waals surface area contributed by atoms with Gasteiger partial charge in [-0.05, 0) is 44.9 Å². The third kappa shape index (κ3) is 5.26. The van der Waals surface area contributed by atoms with E-state index in [0.717, 1.165) is 6.42 Å². The summed E-state index contributed by atoms with van der Waals surface area (Å²) >= 11 is 0. The molecule has 0 saturated carbocycles. The molecule has 1 aliphatic rings. The average molecular weight is 384 g/mol. The minimum absolute atomic E-state index is 0.0493. The van der Waals surface area contributed by atoms with Gasteiger partial charge in [-0.1, -0.05) is 6.07 Å². The summed E-state index contributed by atoms with van der Waals surface area (Å²) in [5.41, 5.74) is 0.0830. The largest absolute Gasteiger partial charge is 0.480 e. The molecule has 1 aromatic carbocycles. The fourth-order valence-electron chi connectivity index (χ4n) is 2.82. The third-order valence-electron chi connectivity index (χ3n) is 4.02. The number of ether oxygens (including phenoxy) is 1. The number of nitrogens with one attached hydrogen (secondary N) is 2. The summed E-state index contributed by atoms with van der Waals surface area (Å²) in [7, 11) is -3.75. The van der Waals surface area contributed by atoms with Crippen molar-refractivity contribution in [3.05, 3.63) is 29.8 Å². The molecule has 0 spiro atoms. The van der Waals surface area contributed by atoms with E-state index in [9.17, 15) is 23.1 Å². The molecule has 2 unspecified atom stereocenters. The normalized spacial score (nSPS) is 19.1. The average Bonchev–Trinajstić information content (AvgIpc) is 2.59. The Morgan fingerprint density at radius 2 is 2.04 bits per heavy atom. The van der Waals surface area contributed by atoms with Gasteiger partial charge < -0.3 is 15.2 Å². The Kier molecular flexibility index (Phi) is 6.74. The standard InChI is InChI=1S/C17H24N2O6S/c1-11(2)19-26(23,24)14-7-3-5-12(9-14)16(20)18-15(17(21)22)13-6-4-8-25-10-13/h3,5,7,9,11,13,15,19H,4,6,8,10H2,1-2H3,(H,18,20)(H,21,22). The molecular weight excluding hydrogens is 360 g/mol. The lowest BCUT2D eigenvalue weighted by Gasteiger charge is -2.28. The predicted molar refractivity (Wildman–Crippen MR) is 94.3 cm³/mol. The maximum atomic E-state index is 12.5. The van der Waals surface area contributed by atoms with Gasteiger partial charge in [-0.3, -0.25) is 4.79 Å². The van der Waals surface area contributed by atoms with Gasteiger partial charge in [0, 0.05) is 24.1 Å². The number of hydrogen-bond acceptors (Lipinski definition) is 5. The van der Waals surface area contributed by atoms with Gasteiger partial charge in [-0.15, -0.1) is 0 Å². The van der Waals surface area contributed by atoms with E-state index < -0.39 is 27.9 Å². The number of aliphatic carboxylic acids is 1. The molecule has 0 bridgehead atoms. The van der Waals surface area contributed by atoms with Crippen LogP contribution in [0.1, 0.15) is 37.0 Å². The molecule has 1 saturated heterocycles. The van der Waals surface area contributed by atoms with Gasteiger partial charge in [-0.25, -0.2) is 17.9 Å². The highest BCUT2D eigenvalue weighted by Crippen LogP contribution is 2.19. The van der Waals surface area contributed by atoms with Gasteiger partial charge in [0.1, 0.15) is 6.04 Å². The fraction of sp³-hybridized carbons (Fsp3) is 0.529. The molecule has 1 aromatic rings. The van der Waals surface area contributed by atoms with E-state index in [0.29, 0.717) is 13.0 Å². The highest BCUT2D eigenvalue weighted by molar-refractivity contribution is 7.89. The van der Waals surface area contributed by atoms with E-state index >= 15 is 0 Å². The molecule has 9 heteroatoms. The number of rotatable bonds is 7. The van der Waals surface area contributed by atoms with Gasteiger partial charge in [0.25, 0.3) is 5.91 Å². The zero-order valence-corrected chi connectivity index (χ0v) is 15.6. The monoisotopic (exact) mass is 384 g/mol. The number of hydrogen-bond donors (Lipinski definition) is 3. The number of carbonyl (C=O) groups excluding carboxylic acids is 1. The van der Waals surface area contributed by atoms with Crippen LogP contribution in [0.4, 0.5) is 0 Å². The zero-order valence-electron chi connectivity index (χ0n) is 14.8. The van der Waals surface area contributed by atoms with Crippen LogP contribution >= 0.6 is 0 Å². The van der Waals surface area contributed by atoms with Crippen LogP contribution in [0, 0.1) is 5.92 Å². The first-order valence-electron chi connectivity index (χ1n) is 8.44. The van der Waals surface area contributed by atoms with Crippen LogP contribution < -0.4 is 10.0 Å². The van der Waals surface area contributed by atoms with Crippen LogP contribution in [0.15, 0.2) is 29.2 Å². The number of sulfonamides is 1. The summed E-state index contributed by atoms with van der Waals surface area (Å²) in [5.74, 6) is -2.09. The van der Waals surface area contributed by atoms with Crippen molar-refractivity contribution in [1.29, 1.82) is 0 Å². The number of carboxylic acid groups (broad SMARTS) is 1. The Bertz CT molecular complexity index is 756. The second kappa shape index (κ2) is 8.61. The van der Waals surface area contributed by atoms with Crippen molar-refractivity contribution in [1.82, 2.24) is 10.0 Å². The first kappa shape index (κ1) is 20.3. The fourth-order valence-corrected chi connectivity index (χ4v) is 4.11. The van der Waals surface area contributed by atoms with Crippen molar-refractivity contribution in [2.75, 3.05) is 13.2 Å². The molecule has 2 rings (SSSR count). The smallest absolute Gasteiger partial charge is 0.326 e. The SMILES string of the molecule is CC(C)NS(=O)(=O)c1cccc(C(=O)NC(C(=O)O)C2CCCOC2)c1. The van der Waals surface area contributed by atoms with Crippen LogP contribution in [-0.4, -0.2) is 50.7 Å². The summed E-state index contributed by atoms with van der Waals surface area (Å²) in [4.78, 5) is 24.0. The summed E-state index contributed by atoms with van der Waals surface area (Å²) < 4.78 is 32.2. The molecule has 26 heavy (non-hydrogen) atoms. The van der Waals surface area contributed by atoms with Crippen LogP contribution in [0.25, 0.3) is 0 Å². The van der Waals surface area contributed by atoms with Crippen molar-refractivity contribution in [2.24, 2.45) is 5.92 Å². The lowest BCUT2D eigenvalue weighted by molar-refractivity contribution is -0.142. The lowest BCUT2D eigenvalue weighted by Crippen LogP contribution is -2.48. The minimum atomic E-state index is -3.75. The van der Waals surface area contributed by atoms with E-state index in [4.69, 9.17) is 4.74 Å². The molecule has 3 N–H and O–H groups in total. The highest BCUT2D eigenvalue weighted by atomic mass is 32.2. The maximum Gasteiger partial charge on any atom is 0.326 e. The Hall–Kier alpha value is -1.97. The van der Waals surface area contributed by atoms with Crippen molar-refractivity contribution in [3.8, 4) is 0 Å². The first-order chi connectivity index (χ1) is 12.2. The van der Waals surface area contributed by atoms with Crippen LogP contribution in [-0.2, 0) is 19.6 Å². The molecule has 0 radical (unpaired) electrons. The highest BCUT2D eigenvalue weighted by Gasteiger charge is 2.31. The van der Waals surface area contributed by atoms with Crippen molar-refractivity contribution >= 4 is 21.9 Å². The molecule has 2 atom stereocenters. The zero-order chi connectivity index (χ0) is 19.3. The molecule has 0 aliphatic carbocycles. The van der Waals surface area contributed by atoms with Gasteiger partial charge in [0.15, 0.2) is 0 Å².